The molecule has 0 aliphatic carbocycles. The van der Waals surface area contributed by atoms with E-state index in [1.54, 1.807) is 18.2 Å². The molecule has 1 N–H and O–H groups in total. The number of aliphatic hydroxyl groups is 1. The van der Waals surface area contributed by atoms with Crippen molar-refractivity contribution >= 4 is 11.4 Å². The minimum Gasteiger partial charge on any atom is -0.392 e. The minimum atomic E-state index is -0.307. The quantitative estimate of drug-likeness (QED) is 0.930. The van der Waals surface area contributed by atoms with Crippen LogP contribution >= 0.6 is 0 Å². The van der Waals surface area contributed by atoms with Gasteiger partial charge >= 0.3 is 0 Å². The summed E-state index contributed by atoms with van der Waals surface area (Å²) < 4.78 is 19.9. The second-order valence-corrected chi connectivity index (χ2v) is 6.63. The fraction of sp³-hybridized carbons (Fsp3) is 0.400. The van der Waals surface area contributed by atoms with Crippen LogP contribution in [0.1, 0.15) is 16.7 Å². The molecule has 2 heterocycles. The van der Waals surface area contributed by atoms with Gasteiger partial charge in [-0.1, -0.05) is 18.2 Å². The molecule has 0 saturated carbocycles. The molecule has 0 atom stereocenters. The van der Waals surface area contributed by atoms with Crippen LogP contribution < -0.4 is 9.80 Å². The maximum Gasteiger partial charge on any atom is 0.151 e. The molecule has 4 rings (SSSR count). The number of halogens is 1. The molecular formula is C20H23FN2O2. The highest BCUT2D eigenvalue weighted by molar-refractivity contribution is 5.56. The average Bonchev–Trinajstić information content (AvgIpc) is 2.68. The Kier molecular flexibility index (Phi) is 4.59. The van der Waals surface area contributed by atoms with Gasteiger partial charge in [-0.25, -0.2) is 4.39 Å². The first-order valence-corrected chi connectivity index (χ1v) is 8.84. The van der Waals surface area contributed by atoms with E-state index in [1.165, 1.54) is 16.8 Å². The van der Waals surface area contributed by atoms with E-state index in [-0.39, 0.29) is 12.4 Å². The number of aliphatic hydroxyl groups excluding tert-OH is 1. The molecule has 0 radical (unpaired) electrons. The lowest BCUT2D eigenvalue weighted by Crippen LogP contribution is -2.36. The van der Waals surface area contributed by atoms with Crippen molar-refractivity contribution in [2.45, 2.75) is 19.6 Å². The second kappa shape index (κ2) is 7.02. The molecule has 4 nitrogen and oxygen atoms in total. The van der Waals surface area contributed by atoms with Gasteiger partial charge in [0.15, 0.2) is 5.82 Å². The zero-order valence-electron chi connectivity index (χ0n) is 14.2. The van der Waals surface area contributed by atoms with Crippen molar-refractivity contribution in [3.05, 3.63) is 58.9 Å². The molecule has 0 unspecified atom stereocenters. The minimum absolute atomic E-state index is 0.271. The third-order valence-corrected chi connectivity index (χ3v) is 5.15. The fourth-order valence-electron chi connectivity index (χ4n) is 3.70. The van der Waals surface area contributed by atoms with Crippen molar-refractivity contribution in [2.75, 3.05) is 42.6 Å². The summed E-state index contributed by atoms with van der Waals surface area (Å²) in [5.41, 5.74) is 4.78. The Bertz CT molecular complexity index is 759. The van der Waals surface area contributed by atoms with Gasteiger partial charge in [0.05, 0.1) is 25.5 Å². The van der Waals surface area contributed by atoms with Crippen LogP contribution in [0.25, 0.3) is 0 Å². The lowest BCUT2D eigenvalue weighted by Gasteiger charge is -2.33. The molecule has 2 aliphatic rings. The lowest BCUT2D eigenvalue weighted by atomic mass is 9.98. The number of fused-ring (bicyclic) bond motifs is 1. The first-order chi connectivity index (χ1) is 12.3. The summed E-state index contributed by atoms with van der Waals surface area (Å²) in [5, 5.41) is 9.28. The molecular weight excluding hydrogens is 319 g/mol. The SMILES string of the molecule is OCc1cccc(N2CCc3cc(N4CCOCC4)ccc3C2)c1F. The Labute approximate surface area is 147 Å². The lowest BCUT2D eigenvalue weighted by molar-refractivity contribution is 0.122. The van der Waals surface area contributed by atoms with Crippen LogP contribution in [0.5, 0.6) is 0 Å². The summed E-state index contributed by atoms with van der Waals surface area (Å²) in [6.45, 7) is 4.65. The van der Waals surface area contributed by atoms with Gasteiger partial charge in [-0.3, -0.25) is 0 Å². The third kappa shape index (κ3) is 3.22. The molecule has 0 spiro atoms. The summed E-state index contributed by atoms with van der Waals surface area (Å²) in [6, 6.07) is 11.8. The molecule has 0 amide bonds. The monoisotopic (exact) mass is 342 g/mol. The Morgan fingerprint density at radius 2 is 1.84 bits per heavy atom. The van der Waals surface area contributed by atoms with Gasteiger partial charge in [0.1, 0.15) is 0 Å². The Morgan fingerprint density at radius 1 is 1.00 bits per heavy atom. The number of morpholine rings is 1. The predicted octanol–water partition coefficient (Wildman–Crippen LogP) is 2.72. The van der Waals surface area contributed by atoms with E-state index in [1.807, 2.05) is 0 Å². The molecule has 25 heavy (non-hydrogen) atoms. The van der Waals surface area contributed by atoms with E-state index >= 15 is 0 Å². The molecule has 0 bridgehead atoms. The largest absolute Gasteiger partial charge is 0.392 e. The van der Waals surface area contributed by atoms with E-state index in [2.05, 4.69) is 28.0 Å². The number of rotatable bonds is 3. The first kappa shape index (κ1) is 16.4. The summed E-state index contributed by atoms with van der Waals surface area (Å²) in [7, 11) is 0. The van der Waals surface area contributed by atoms with Gasteiger partial charge in [-0.05, 0) is 35.7 Å². The maximum absolute atomic E-state index is 14.5. The highest BCUT2D eigenvalue weighted by Crippen LogP contribution is 2.30. The van der Waals surface area contributed by atoms with Gasteiger partial charge < -0.3 is 19.6 Å². The number of nitrogens with zero attached hydrogens (tertiary/aromatic N) is 2. The maximum atomic E-state index is 14.5. The Hall–Kier alpha value is -2.11. The van der Waals surface area contributed by atoms with E-state index in [9.17, 15) is 9.50 Å². The van der Waals surface area contributed by atoms with Crippen LogP contribution in [0.2, 0.25) is 0 Å². The van der Waals surface area contributed by atoms with E-state index in [0.717, 1.165) is 39.3 Å². The Morgan fingerprint density at radius 3 is 2.64 bits per heavy atom. The van der Waals surface area contributed by atoms with Crippen molar-refractivity contribution in [3.63, 3.8) is 0 Å². The topological polar surface area (TPSA) is 35.9 Å². The highest BCUT2D eigenvalue weighted by atomic mass is 19.1. The predicted molar refractivity (Wildman–Crippen MR) is 96.6 cm³/mol. The fourth-order valence-corrected chi connectivity index (χ4v) is 3.70. The molecule has 2 aromatic rings. The van der Waals surface area contributed by atoms with Crippen molar-refractivity contribution in [1.82, 2.24) is 0 Å². The highest BCUT2D eigenvalue weighted by Gasteiger charge is 2.21. The summed E-state index contributed by atoms with van der Waals surface area (Å²) >= 11 is 0. The van der Waals surface area contributed by atoms with Crippen molar-refractivity contribution in [1.29, 1.82) is 0 Å². The number of benzene rings is 2. The van der Waals surface area contributed by atoms with Crippen LogP contribution in [0.15, 0.2) is 36.4 Å². The summed E-state index contributed by atoms with van der Waals surface area (Å²) in [5.74, 6) is -0.307. The van der Waals surface area contributed by atoms with Gasteiger partial charge in [0, 0.05) is 37.4 Å². The summed E-state index contributed by atoms with van der Waals surface area (Å²) in [6.07, 6.45) is 0.899. The number of anilines is 2. The van der Waals surface area contributed by atoms with Crippen LogP contribution in [0.3, 0.4) is 0 Å². The van der Waals surface area contributed by atoms with E-state index in [0.29, 0.717) is 17.8 Å². The third-order valence-electron chi connectivity index (χ3n) is 5.15. The zero-order chi connectivity index (χ0) is 17.2. The average molecular weight is 342 g/mol. The standard InChI is InChI=1S/C20H23FN2O2/c21-20-17(14-24)2-1-3-19(20)23-7-6-15-12-18(5-4-16(15)13-23)22-8-10-25-11-9-22/h1-5,12,24H,6-11,13-14H2. The van der Waals surface area contributed by atoms with Crippen LogP contribution in [-0.4, -0.2) is 38.0 Å². The molecule has 2 aromatic carbocycles. The molecule has 0 aromatic heterocycles. The van der Waals surface area contributed by atoms with Crippen molar-refractivity contribution < 1.29 is 14.2 Å². The molecule has 2 aliphatic heterocycles. The van der Waals surface area contributed by atoms with Gasteiger partial charge in [0.25, 0.3) is 0 Å². The smallest absolute Gasteiger partial charge is 0.151 e. The number of hydrogen-bond donors (Lipinski definition) is 1. The Balaban J connectivity index is 1.56. The normalized spacial score (nSPS) is 17.5. The summed E-state index contributed by atoms with van der Waals surface area (Å²) in [4.78, 5) is 4.42. The number of hydrogen-bond acceptors (Lipinski definition) is 4. The van der Waals surface area contributed by atoms with Crippen molar-refractivity contribution in [3.8, 4) is 0 Å². The van der Waals surface area contributed by atoms with Crippen LogP contribution in [0, 0.1) is 5.82 Å². The second-order valence-electron chi connectivity index (χ2n) is 6.63. The molecule has 132 valence electrons. The van der Waals surface area contributed by atoms with Gasteiger partial charge in [-0.15, -0.1) is 0 Å². The molecule has 1 saturated heterocycles. The molecule has 1 fully saturated rings. The first-order valence-electron chi connectivity index (χ1n) is 8.84. The van der Waals surface area contributed by atoms with Gasteiger partial charge in [-0.2, -0.15) is 0 Å². The number of ether oxygens (including phenoxy) is 1. The van der Waals surface area contributed by atoms with Crippen LogP contribution in [0.4, 0.5) is 15.8 Å². The molecule has 5 heteroatoms. The van der Waals surface area contributed by atoms with E-state index < -0.39 is 0 Å². The van der Waals surface area contributed by atoms with Gasteiger partial charge in [0.2, 0.25) is 0 Å². The van der Waals surface area contributed by atoms with E-state index in [4.69, 9.17) is 4.74 Å². The van der Waals surface area contributed by atoms with Crippen molar-refractivity contribution in [2.24, 2.45) is 0 Å². The zero-order valence-corrected chi connectivity index (χ0v) is 14.2. The van der Waals surface area contributed by atoms with Crippen LogP contribution in [-0.2, 0) is 24.3 Å².